The normalized spacial score (nSPS) is 11.7. The van der Waals surface area contributed by atoms with Crippen LogP contribution in [0.3, 0.4) is 0 Å². The van der Waals surface area contributed by atoms with E-state index in [1.54, 1.807) is 12.1 Å². The Morgan fingerprint density at radius 2 is 0.750 bits per heavy atom. The van der Waals surface area contributed by atoms with Crippen molar-refractivity contribution in [3.05, 3.63) is 142 Å². The van der Waals surface area contributed by atoms with E-state index in [0.29, 0.717) is 43.9 Å². The van der Waals surface area contributed by atoms with Crippen LogP contribution in [0, 0.1) is 0 Å². The van der Waals surface area contributed by atoms with Crippen molar-refractivity contribution in [1.82, 2.24) is 0 Å². The van der Waals surface area contributed by atoms with Gasteiger partial charge < -0.3 is 8.83 Å². The molecule has 0 aliphatic rings. The minimum atomic E-state index is -0.0321. The summed E-state index contributed by atoms with van der Waals surface area (Å²) in [5, 5.41) is 4.44. The van der Waals surface area contributed by atoms with E-state index in [9.17, 15) is 9.59 Å². The zero-order chi connectivity index (χ0) is 26.8. The number of rotatable bonds is 2. The van der Waals surface area contributed by atoms with Gasteiger partial charge in [0, 0.05) is 0 Å². The minimum absolute atomic E-state index is 0.0321. The molecule has 0 spiro atoms. The van der Waals surface area contributed by atoms with Gasteiger partial charge in [-0.2, -0.15) is 0 Å². The Kier molecular flexibility index (Phi) is 4.79. The molecule has 2 heterocycles. The average Bonchev–Trinajstić information content (AvgIpc) is 3.00. The Morgan fingerprint density at radius 1 is 0.350 bits per heavy atom. The smallest absolute Gasteiger partial charge is 0.200 e. The largest absolute Gasteiger partial charge is 0.456 e. The van der Waals surface area contributed by atoms with Crippen molar-refractivity contribution >= 4 is 54.6 Å². The fourth-order valence-corrected chi connectivity index (χ4v) is 5.57. The topological polar surface area (TPSA) is 60.4 Å². The van der Waals surface area contributed by atoms with E-state index in [4.69, 9.17) is 8.83 Å². The van der Waals surface area contributed by atoms with E-state index in [2.05, 4.69) is 36.4 Å². The fourth-order valence-electron chi connectivity index (χ4n) is 5.57. The highest BCUT2D eigenvalue weighted by Gasteiger charge is 2.11. The van der Waals surface area contributed by atoms with Crippen molar-refractivity contribution in [3.8, 4) is 22.3 Å². The Balaban J connectivity index is 1.25. The molecule has 188 valence electrons. The molecule has 8 aromatic rings. The van der Waals surface area contributed by atoms with E-state index in [-0.39, 0.29) is 10.9 Å². The highest BCUT2D eigenvalue weighted by molar-refractivity contribution is 5.96. The number of hydrogen-bond acceptors (Lipinski definition) is 4. The second kappa shape index (κ2) is 8.52. The van der Waals surface area contributed by atoms with Crippen LogP contribution in [0.5, 0.6) is 0 Å². The maximum atomic E-state index is 13.2. The number of para-hydroxylation sites is 2. The van der Waals surface area contributed by atoms with Gasteiger partial charge in [0.1, 0.15) is 22.3 Å². The third-order valence-corrected chi connectivity index (χ3v) is 7.66. The summed E-state index contributed by atoms with van der Waals surface area (Å²) in [6, 6.07) is 38.7. The van der Waals surface area contributed by atoms with Crippen LogP contribution in [-0.4, -0.2) is 0 Å². The van der Waals surface area contributed by atoms with Crippen molar-refractivity contribution in [1.29, 1.82) is 0 Å². The first kappa shape index (κ1) is 22.5. The molecule has 40 heavy (non-hydrogen) atoms. The molecule has 2 aromatic heterocycles. The van der Waals surface area contributed by atoms with E-state index in [1.807, 2.05) is 72.8 Å². The molecule has 0 N–H and O–H groups in total. The van der Waals surface area contributed by atoms with Crippen LogP contribution in [0.2, 0.25) is 0 Å². The summed E-state index contributed by atoms with van der Waals surface area (Å²) in [7, 11) is 0. The lowest BCUT2D eigenvalue weighted by molar-refractivity contribution is 0.659. The van der Waals surface area contributed by atoms with Gasteiger partial charge in [0.05, 0.1) is 21.5 Å². The maximum Gasteiger partial charge on any atom is 0.200 e. The average molecular weight is 517 g/mol. The summed E-state index contributed by atoms with van der Waals surface area (Å²) in [4.78, 5) is 26.4. The summed E-state index contributed by atoms with van der Waals surface area (Å²) < 4.78 is 12.0. The summed E-state index contributed by atoms with van der Waals surface area (Å²) in [6.45, 7) is 0. The number of benzene rings is 6. The van der Waals surface area contributed by atoms with Crippen LogP contribution in [0.25, 0.3) is 76.9 Å². The van der Waals surface area contributed by atoms with Crippen LogP contribution in [0.1, 0.15) is 0 Å². The quantitative estimate of drug-likeness (QED) is 0.216. The van der Waals surface area contributed by atoms with E-state index in [0.717, 1.165) is 33.0 Å². The molecule has 0 amide bonds. The first-order valence-electron chi connectivity index (χ1n) is 13.1. The molecule has 6 aromatic carbocycles. The van der Waals surface area contributed by atoms with Crippen molar-refractivity contribution < 1.29 is 8.83 Å². The molecule has 0 bridgehead atoms. The highest BCUT2D eigenvalue weighted by Crippen LogP contribution is 2.32. The van der Waals surface area contributed by atoms with Crippen LogP contribution in [0.15, 0.2) is 140 Å². The summed E-state index contributed by atoms with van der Waals surface area (Å²) in [5.74, 6) is 0. The van der Waals surface area contributed by atoms with Gasteiger partial charge in [-0.1, -0.05) is 60.7 Å². The molecule has 0 aliphatic carbocycles. The molecule has 0 unspecified atom stereocenters. The summed E-state index contributed by atoms with van der Waals surface area (Å²) in [6.07, 6.45) is 0. The molecule has 0 saturated heterocycles. The first-order chi connectivity index (χ1) is 19.6. The summed E-state index contributed by atoms with van der Waals surface area (Å²) >= 11 is 0. The Morgan fingerprint density at radius 3 is 1.25 bits per heavy atom. The first-order valence-corrected chi connectivity index (χ1v) is 13.1. The number of fused-ring (bicyclic) bond motifs is 5. The maximum absolute atomic E-state index is 13.2. The lowest BCUT2D eigenvalue weighted by atomic mass is 9.96. The molecule has 4 nitrogen and oxygen atoms in total. The molecule has 8 rings (SSSR count). The van der Waals surface area contributed by atoms with Gasteiger partial charge in [-0.25, -0.2) is 0 Å². The fraction of sp³-hybridized carbons (Fsp3) is 0. The predicted octanol–water partition coefficient (Wildman–Crippen LogP) is 8.69. The second-order valence-electron chi connectivity index (χ2n) is 10.1. The lowest BCUT2D eigenvalue weighted by Gasteiger charge is -2.09. The third-order valence-electron chi connectivity index (χ3n) is 7.66. The Labute approximate surface area is 227 Å². The van der Waals surface area contributed by atoms with Gasteiger partial charge in [0.2, 0.25) is 10.9 Å². The van der Waals surface area contributed by atoms with Gasteiger partial charge in [-0.3, -0.25) is 9.59 Å². The monoisotopic (exact) mass is 516 g/mol. The molecule has 0 radical (unpaired) electrons. The van der Waals surface area contributed by atoms with Crippen molar-refractivity contribution in [2.75, 3.05) is 0 Å². The molecule has 0 atom stereocenters. The van der Waals surface area contributed by atoms with Gasteiger partial charge in [-0.05, 0) is 93.7 Å². The second-order valence-corrected chi connectivity index (χ2v) is 10.1. The van der Waals surface area contributed by atoms with E-state index >= 15 is 0 Å². The van der Waals surface area contributed by atoms with Gasteiger partial charge in [0.15, 0.2) is 0 Å². The molecule has 0 aliphatic heterocycles. The van der Waals surface area contributed by atoms with Crippen molar-refractivity contribution in [3.63, 3.8) is 0 Å². The van der Waals surface area contributed by atoms with Gasteiger partial charge in [-0.15, -0.1) is 0 Å². The van der Waals surface area contributed by atoms with E-state index < -0.39 is 0 Å². The molecular formula is C36H20O4. The zero-order valence-corrected chi connectivity index (χ0v) is 21.2. The van der Waals surface area contributed by atoms with Gasteiger partial charge in [0.25, 0.3) is 0 Å². The van der Waals surface area contributed by atoms with Gasteiger partial charge >= 0.3 is 0 Å². The highest BCUT2D eigenvalue weighted by atomic mass is 16.3. The van der Waals surface area contributed by atoms with Crippen LogP contribution >= 0.6 is 0 Å². The Bertz CT molecular complexity index is 2260. The van der Waals surface area contributed by atoms with Crippen LogP contribution < -0.4 is 10.9 Å². The predicted molar refractivity (Wildman–Crippen MR) is 162 cm³/mol. The Hall–Kier alpha value is -5.48. The molecular weight excluding hydrogens is 496 g/mol. The number of hydrogen-bond donors (Lipinski definition) is 0. The zero-order valence-electron chi connectivity index (χ0n) is 21.2. The third kappa shape index (κ3) is 3.47. The van der Waals surface area contributed by atoms with Crippen LogP contribution in [0.4, 0.5) is 0 Å². The van der Waals surface area contributed by atoms with Crippen molar-refractivity contribution in [2.24, 2.45) is 0 Å². The SMILES string of the molecule is O=c1c2ccccc2oc2ccc(-c3ccc4ccc(-c5ccc6oc7ccccc7c(=O)c6c5)cc4c3)cc12. The lowest BCUT2D eigenvalue weighted by Crippen LogP contribution is -2.02. The summed E-state index contributed by atoms with van der Waals surface area (Å²) in [5.41, 5.74) is 6.15. The molecule has 0 saturated carbocycles. The molecule has 4 heteroatoms. The van der Waals surface area contributed by atoms with Crippen LogP contribution in [-0.2, 0) is 0 Å². The van der Waals surface area contributed by atoms with E-state index in [1.165, 1.54) is 0 Å². The standard InChI is InChI=1S/C36H20O4/c37-35-27-5-1-3-7-31(27)39-33-15-13-24(19-29(33)35)22-11-9-21-10-12-23(18-26(21)17-22)25-14-16-34-30(20-25)36(38)28-6-2-4-8-32(28)40-34/h1-20H. The minimum Gasteiger partial charge on any atom is -0.456 e. The van der Waals surface area contributed by atoms with Crippen molar-refractivity contribution in [2.45, 2.75) is 0 Å². The molecule has 0 fully saturated rings.